The fourth-order valence-electron chi connectivity index (χ4n) is 3.72. The van der Waals surface area contributed by atoms with E-state index >= 15 is 0 Å². The van der Waals surface area contributed by atoms with Gasteiger partial charge in [0.15, 0.2) is 0 Å². The van der Waals surface area contributed by atoms with Gasteiger partial charge in [0.1, 0.15) is 0 Å². The Kier molecular flexibility index (Phi) is 5.14. The number of benzene rings is 2. The fourth-order valence-corrected chi connectivity index (χ4v) is 4.87. The lowest BCUT2D eigenvalue weighted by molar-refractivity contribution is -0.137. The van der Waals surface area contributed by atoms with Crippen LogP contribution in [0, 0.1) is 5.92 Å². The molecule has 2 aromatic rings. The predicted molar refractivity (Wildman–Crippen MR) is 104 cm³/mol. The summed E-state index contributed by atoms with van der Waals surface area (Å²) in [7, 11) is 0. The average molecular weight is 406 g/mol. The van der Waals surface area contributed by atoms with Crippen molar-refractivity contribution in [3.63, 3.8) is 0 Å². The van der Waals surface area contributed by atoms with Gasteiger partial charge in [-0.3, -0.25) is 4.79 Å². The van der Waals surface area contributed by atoms with E-state index in [1.54, 1.807) is 0 Å². The number of anilines is 1. The number of nitrogens with one attached hydrogen (secondary N) is 1. The van der Waals surface area contributed by atoms with Crippen LogP contribution in [0.5, 0.6) is 0 Å². The first kappa shape index (κ1) is 19.3. The summed E-state index contributed by atoms with van der Waals surface area (Å²) >= 11 is 1.33. The molecule has 0 spiro atoms. The van der Waals surface area contributed by atoms with Gasteiger partial charge in [0.2, 0.25) is 5.91 Å². The Morgan fingerprint density at radius 2 is 1.96 bits per heavy atom. The van der Waals surface area contributed by atoms with E-state index in [9.17, 15) is 18.0 Å². The zero-order valence-electron chi connectivity index (χ0n) is 15.5. The van der Waals surface area contributed by atoms with Gasteiger partial charge < -0.3 is 10.2 Å². The summed E-state index contributed by atoms with van der Waals surface area (Å²) in [6.45, 7) is 4.35. The van der Waals surface area contributed by atoms with Crippen molar-refractivity contribution in [2.24, 2.45) is 5.92 Å². The molecule has 1 saturated heterocycles. The normalized spacial score (nSPS) is 16.9. The van der Waals surface area contributed by atoms with Gasteiger partial charge in [-0.25, -0.2) is 0 Å². The third-order valence-corrected chi connectivity index (χ3v) is 6.42. The topological polar surface area (TPSA) is 32.3 Å². The minimum atomic E-state index is -4.46. The standard InChI is InChI=1S/C21H21F3N2OS/c1-2-7-26-11-14(12-26)20(27)25-17-9-15(21(22,23)24)10-19-16(17)8-13-5-3-4-6-18(13)28-19/h3-6,9-10,14H,2,7-8,11-12H2,1H3,(H,25,27). The van der Waals surface area contributed by atoms with Gasteiger partial charge in [0.25, 0.3) is 0 Å². The molecule has 2 aliphatic rings. The zero-order chi connectivity index (χ0) is 19.9. The van der Waals surface area contributed by atoms with Crippen LogP contribution in [0.15, 0.2) is 46.2 Å². The number of carbonyl (C=O) groups excluding carboxylic acids is 1. The first-order valence-electron chi connectivity index (χ1n) is 9.38. The Morgan fingerprint density at radius 3 is 2.68 bits per heavy atom. The monoisotopic (exact) mass is 406 g/mol. The molecule has 0 atom stereocenters. The molecule has 1 fully saturated rings. The number of fused-ring (bicyclic) bond motifs is 2. The lowest BCUT2D eigenvalue weighted by Crippen LogP contribution is -2.52. The van der Waals surface area contributed by atoms with E-state index in [4.69, 9.17) is 0 Å². The molecule has 1 N–H and O–H groups in total. The number of amides is 1. The molecule has 7 heteroatoms. The van der Waals surface area contributed by atoms with E-state index in [-0.39, 0.29) is 17.5 Å². The number of hydrogen-bond acceptors (Lipinski definition) is 3. The minimum Gasteiger partial charge on any atom is -0.325 e. The number of hydrogen-bond donors (Lipinski definition) is 1. The van der Waals surface area contributed by atoms with Crippen LogP contribution >= 0.6 is 11.8 Å². The van der Waals surface area contributed by atoms with Crippen LogP contribution < -0.4 is 5.32 Å². The van der Waals surface area contributed by atoms with Gasteiger partial charge in [-0.05, 0) is 42.3 Å². The highest BCUT2D eigenvalue weighted by Gasteiger charge is 2.35. The number of carbonyl (C=O) groups is 1. The van der Waals surface area contributed by atoms with Crippen LogP contribution in [0.3, 0.4) is 0 Å². The third-order valence-electron chi connectivity index (χ3n) is 5.22. The quantitative estimate of drug-likeness (QED) is 0.659. The van der Waals surface area contributed by atoms with Crippen molar-refractivity contribution in [2.75, 3.05) is 25.0 Å². The Balaban J connectivity index is 1.62. The number of halogens is 3. The highest BCUT2D eigenvalue weighted by atomic mass is 32.2. The van der Waals surface area contributed by atoms with E-state index in [0.717, 1.165) is 35.1 Å². The highest BCUT2D eigenvalue weighted by molar-refractivity contribution is 7.99. The summed E-state index contributed by atoms with van der Waals surface area (Å²) < 4.78 is 40.2. The van der Waals surface area contributed by atoms with Crippen LogP contribution in [0.1, 0.15) is 30.0 Å². The first-order valence-corrected chi connectivity index (χ1v) is 10.2. The van der Waals surface area contributed by atoms with E-state index in [1.807, 2.05) is 24.3 Å². The van der Waals surface area contributed by atoms with E-state index in [2.05, 4.69) is 17.1 Å². The summed E-state index contributed by atoms with van der Waals surface area (Å²) in [5.74, 6) is -0.363. The maximum atomic E-state index is 13.4. The van der Waals surface area contributed by atoms with Crippen molar-refractivity contribution >= 4 is 23.4 Å². The maximum Gasteiger partial charge on any atom is 0.416 e. The van der Waals surface area contributed by atoms with E-state index in [0.29, 0.717) is 24.4 Å². The van der Waals surface area contributed by atoms with Gasteiger partial charge in [0, 0.05) is 35.0 Å². The predicted octanol–water partition coefficient (Wildman–Crippen LogP) is 5.04. The Bertz CT molecular complexity index is 907. The lowest BCUT2D eigenvalue weighted by Gasteiger charge is -2.38. The third kappa shape index (κ3) is 3.78. The summed E-state index contributed by atoms with van der Waals surface area (Å²) in [4.78, 5) is 16.3. The smallest absolute Gasteiger partial charge is 0.325 e. The Morgan fingerprint density at radius 1 is 1.21 bits per heavy atom. The molecule has 0 aliphatic carbocycles. The van der Waals surface area contributed by atoms with Crippen LogP contribution in [0.4, 0.5) is 18.9 Å². The molecule has 0 saturated carbocycles. The average Bonchev–Trinajstić information content (AvgIpc) is 2.61. The van der Waals surface area contributed by atoms with Gasteiger partial charge in [0.05, 0.1) is 11.5 Å². The maximum absolute atomic E-state index is 13.4. The largest absolute Gasteiger partial charge is 0.416 e. The van der Waals surface area contributed by atoms with Crippen molar-refractivity contribution in [2.45, 2.75) is 35.7 Å². The molecule has 2 aromatic carbocycles. The van der Waals surface area contributed by atoms with Gasteiger partial charge in [-0.15, -0.1) is 0 Å². The summed E-state index contributed by atoms with van der Waals surface area (Å²) in [6.07, 6.45) is -2.93. The van der Waals surface area contributed by atoms with Crippen LogP contribution in [0.25, 0.3) is 0 Å². The second-order valence-corrected chi connectivity index (χ2v) is 8.41. The van der Waals surface area contributed by atoms with Crippen LogP contribution in [-0.4, -0.2) is 30.4 Å². The van der Waals surface area contributed by atoms with Crippen molar-refractivity contribution in [1.82, 2.24) is 4.90 Å². The highest BCUT2D eigenvalue weighted by Crippen LogP contribution is 2.45. The Labute approximate surface area is 166 Å². The lowest BCUT2D eigenvalue weighted by atomic mass is 9.97. The van der Waals surface area contributed by atoms with Crippen LogP contribution in [0.2, 0.25) is 0 Å². The molecule has 2 heterocycles. The summed E-state index contributed by atoms with van der Waals surface area (Å²) in [5, 5.41) is 2.80. The molecule has 0 bridgehead atoms. The SMILES string of the molecule is CCCN1CC(C(=O)Nc2cc(C(F)(F)F)cc3c2Cc2ccccc2S3)C1. The van der Waals surface area contributed by atoms with E-state index in [1.165, 1.54) is 17.8 Å². The molecule has 0 aromatic heterocycles. The zero-order valence-corrected chi connectivity index (χ0v) is 16.3. The summed E-state index contributed by atoms with van der Waals surface area (Å²) in [6, 6.07) is 9.96. The molecule has 0 radical (unpaired) electrons. The van der Waals surface area contributed by atoms with Crippen LogP contribution in [-0.2, 0) is 17.4 Å². The van der Waals surface area contributed by atoms with Crippen molar-refractivity contribution < 1.29 is 18.0 Å². The number of alkyl halides is 3. The summed E-state index contributed by atoms with van der Waals surface area (Å²) in [5.41, 5.74) is 1.38. The second-order valence-electron chi connectivity index (χ2n) is 7.33. The van der Waals surface area contributed by atoms with E-state index < -0.39 is 11.7 Å². The molecule has 28 heavy (non-hydrogen) atoms. The molecule has 4 rings (SSSR count). The molecule has 0 unspecified atom stereocenters. The van der Waals surface area contributed by atoms with Crippen molar-refractivity contribution in [1.29, 1.82) is 0 Å². The number of rotatable bonds is 4. The molecular formula is C21H21F3N2OS. The van der Waals surface area contributed by atoms with Gasteiger partial charge >= 0.3 is 6.18 Å². The van der Waals surface area contributed by atoms with Gasteiger partial charge in [-0.1, -0.05) is 36.9 Å². The molecular weight excluding hydrogens is 385 g/mol. The molecule has 1 amide bonds. The van der Waals surface area contributed by atoms with Crippen molar-refractivity contribution in [3.8, 4) is 0 Å². The van der Waals surface area contributed by atoms with Crippen molar-refractivity contribution in [3.05, 3.63) is 53.1 Å². The molecule has 148 valence electrons. The van der Waals surface area contributed by atoms with Gasteiger partial charge in [-0.2, -0.15) is 13.2 Å². The fraction of sp³-hybridized carbons (Fsp3) is 0.381. The molecule has 3 nitrogen and oxygen atoms in total. The Hall–Kier alpha value is -1.99. The number of nitrogens with zero attached hydrogens (tertiary/aromatic N) is 1. The minimum absolute atomic E-state index is 0.166. The second kappa shape index (κ2) is 7.44. The number of likely N-dealkylation sites (tertiary alicyclic amines) is 1. The molecule has 2 aliphatic heterocycles. The first-order chi connectivity index (χ1) is 13.3.